The molecule has 1 fully saturated rings. The van der Waals surface area contributed by atoms with Crippen molar-refractivity contribution >= 4 is 0 Å². The van der Waals surface area contributed by atoms with Crippen LogP contribution in [0.1, 0.15) is 11.1 Å². The lowest BCUT2D eigenvalue weighted by Crippen LogP contribution is -2.62. The molecule has 1 aliphatic rings. The van der Waals surface area contributed by atoms with Gasteiger partial charge >= 0.3 is 0 Å². The molecule has 3 rings (SSSR count). The summed E-state index contributed by atoms with van der Waals surface area (Å²) in [7, 11) is 3.04. The largest absolute Gasteiger partial charge is 0.394 e. The zero-order valence-electron chi connectivity index (χ0n) is 17.7. The van der Waals surface area contributed by atoms with Gasteiger partial charge in [-0.25, -0.2) is 0 Å². The van der Waals surface area contributed by atoms with Crippen molar-refractivity contribution in [3.63, 3.8) is 0 Å². The van der Waals surface area contributed by atoms with Crippen molar-refractivity contribution in [2.75, 3.05) is 20.8 Å². The molecular weight excluding hydrogens is 404 g/mol. The molecule has 2 aromatic rings. The lowest BCUT2D eigenvalue weighted by atomic mass is 9.98. The maximum Gasteiger partial charge on any atom is 0.162 e. The Bertz CT molecular complexity index is 720. The van der Waals surface area contributed by atoms with Gasteiger partial charge < -0.3 is 30.0 Å². The molecule has 1 heterocycles. The topological polar surface area (TPSA) is 124 Å². The van der Waals surface area contributed by atoms with Crippen LogP contribution in [0.15, 0.2) is 60.7 Å². The summed E-state index contributed by atoms with van der Waals surface area (Å²) in [5.74, 6) is 0. The molecule has 9 heteroatoms. The van der Waals surface area contributed by atoms with Gasteiger partial charge in [0, 0.05) is 6.54 Å². The number of ether oxygens (including phenoxy) is 1. The highest BCUT2D eigenvalue weighted by atomic mass is 16.7. The number of aliphatic hydroxyl groups excluding tert-OH is 4. The van der Waals surface area contributed by atoms with Gasteiger partial charge in [-0.15, -0.1) is 0 Å². The number of benzene rings is 2. The molecule has 0 bridgehead atoms. The fourth-order valence-corrected chi connectivity index (χ4v) is 3.09. The van der Waals surface area contributed by atoms with Gasteiger partial charge in [-0.3, -0.25) is 4.84 Å². The fraction of sp³-hybridized carbons (Fsp3) is 0.455. The van der Waals surface area contributed by atoms with Crippen molar-refractivity contribution in [1.82, 2.24) is 10.5 Å². The highest BCUT2D eigenvalue weighted by Gasteiger charge is 2.46. The summed E-state index contributed by atoms with van der Waals surface area (Å²) in [6.07, 6.45) is -6.11. The van der Waals surface area contributed by atoms with Gasteiger partial charge in [0.15, 0.2) is 6.23 Å². The molecule has 1 aliphatic heterocycles. The minimum atomic E-state index is -1.42. The summed E-state index contributed by atoms with van der Waals surface area (Å²) in [6.45, 7) is 0.613. The van der Waals surface area contributed by atoms with E-state index in [0.717, 1.165) is 12.1 Å². The molecule has 5 atom stereocenters. The second-order valence-corrected chi connectivity index (χ2v) is 6.97. The zero-order valence-corrected chi connectivity index (χ0v) is 17.7. The number of nitrogens with zero attached hydrogens (tertiary/aromatic N) is 1. The van der Waals surface area contributed by atoms with E-state index < -0.39 is 37.3 Å². The summed E-state index contributed by atoms with van der Waals surface area (Å²) >= 11 is 0. The smallest absolute Gasteiger partial charge is 0.162 e. The monoisotopic (exact) mass is 436 g/mol. The third-order valence-electron chi connectivity index (χ3n) is 4.83. The number of rotatable bonds is 8. The molecule has 172 valence electrons. The van der Waals surface area contributed by atoms with Crippen LogP contribution < -0.4 is 5.48 Å². The van der Waals surface area contributed by atoms with Crippen LogP contribution in [-0.4, -0.2) is 77.0 Å². The molecule has 5 N–H and O–H groups in total. The van der Waals surface area contributed by atoms with Crippen LogP contribution in [0.5, 0.6) is 0 Å². The Hall–Kier alpha value is -1.92. The fourth-order valence-electron chi connectivity index (χ4n) is 3.09. The summed E-state index contributed by atoms with van der Waals surface area (Å²) in [4.78, 5) is 9.91. The quantitative estimate of drug-likeness (QED) is 0.369. The van der Waals surface area contributed by atoms with Crippen molar-refractivity contribution in [2.45, 2.75) is 43.7 Å². The third-order valence-corrected chi connectivity index (χ3v) is 4.83. The van der Waals surface area contributed by atoms with Crippen LogP contribution in [0.4, 0.5) is 0 Å². The lowest BCUT2D eigenvalue weighted by Gasteiger charge is -2.43. The summed E-state index contributed by atoms with van der Waals surface area (Å²) in [6, 6.07) is 19.5. The van der Waals surface area contributed by atoms with E-state index in [0.29, 0.717) is 6.54 Å². The number of hydroxylamine groups is 3. The Morgan fingerprint density at radius 1 is 0.871 bits per heavy atom. The standard InChI is InChI=1S/C14H21NO6.C8H11NO/c1-20-15(7-9-5-3-2-4-6-9)14-13(19)12(18)11(17)10(8-16)21-14;1-10-9-7-8-5-3-2-4-6-8/h2-6,10-14,16-19H,7-8H2,1H3;2-6,9H,7H2,1H3/t10?,11-,12+,13?,14-;/m1./s1. The van der Waals surface area contributed by atoms with Crippen LogP contribution in [0.3, 0.4) is 0 Å². The van der Waals surface area contributed by atoms with E-state index in [1.807, 2.05) is 60.7 Å². The Balaban J connectivity index is 0.000000285. The van der Waals surface area contributed by atoms with Crippen LogP contribution >= 0.6 is 0 Å². The minimum absolute atomic E-state index is 0.319. The van der Waals surface area contributed by atoms with Gasteiger partial charge in [-0.05, 0) is 11.1 Å². The second-order valence-electron chi connectivity index (χ2n) is 6.97. The molecule has 2 aromatic carbocycles. The van der Waals surface area contributed by atoms with Crippen molar-refractivity contribution in [3.05, 3.63) is 71.8 Å². The van der Waals surface area contributed by atoms with Gasteiger partial charge in [0.2, 0.25) is 0 Å². The highest BCUT2D eigenvalue weighted by molar-refractivity contribution is 5.14. The molecule has 9 nitrogen and oxygen atoms in total. The van der Waals surface area contributed by atoms with E-state index in [1.165, 1.54) is 17.7 Å². The van der Waals surface area contributed by atoms with E-state index in [2.05, 4.69) is 5.48 Å². The van der Waals surface area contributed by atoms with Crippen molar-refractivity contribution in [1.29, 1.82) is 0 Å². The molecule has 1 saturated heterocycles. The number of hydrogen-bond donors (Lipinski definition) is 5. The molecular formula is C22H32N2O7. The molecule has 0 radical (unpaired) electrons. The van der Waals surface area contributed by atoms with Crippen molar-refractivity contribution in [3.8, 4) is 0 Å². The first kappa shape index (κ1) is 25.3. The Kier molecular flexibility index (Phi) is 11.0. The van der Waals surface area contributed by atoms with Crippen LogP contribution in [0.25, 0.3) is 0 Å². The summed E-state index contributed by atoms with van der Waals surface area (Å²) in [5.41, 5.74) is 4.92. The third kappa shape index (κ3) is 7.62. The predicted octanol–water partition coefficient (Wildman–Crippen LogP) is 0.187. The van der Waals surface area contributed by atoms with Crippen LogP contribution in [-0.2, 0) is 27.5 Å². The van der Waals surface area contributed by atoms with Gasteiger partial charge in [-0.1, -0.05) is 60.7 Å². The van der Waals surface area contributed by atoms with Gasteiger partial charge in [0.05, 0.1) is 27.4 Å². The van der Waals surface area contributed by atoms with Crippen LogP contribution in [0, 0.1) is 0 Å². The first-order valence-corrected chi connectivity index (χ1v) is 9.96. The average Bonchev–Trinajstić information content (AvgIpc) is 2.82. The van der Waals surface area contributed by atoms with Gasteiger partial charge in [-0.2, -0.15) is 10.5 Å². The first-order chi connectivity index (χ1) is 15.0. The van der Waals surface area contributed by atoms with Gasteiger partial charge in [0.1, 0.15) is 24.4 Å². The minimum Gasteiger partial charge on any atom is -0.394 e. The molecule has 2 unspecified atom stereocenters. The van der Waals surface area contributed by atoms with E-state index in [4.69, 9.17) is 14.4 Å². The first-order valence-electron chi connectivity index (χ1n) is 9.96. The molecule has 0 saturated carbocycles. The molecule has 0 amide bonds. The molecule has 0 aliphatic carbocycles. The van der Waals surface area contributed by atoms with Crippen molar-refractivity contribution in [2.24, 2.45) is 0 Å². The molecule has 0 aromatic heterocycles. The van der Waals surface area contributed by atoms with E-state index >= 15 is 0 Å². The van der Waals surface area contributed by atoms with E-state index in [1.54, 1.807) is 7.11 Å². The molecule has 0 spiro atoms. The Morgan fingerprint density at radius 3 is 1.97 bits per heavy atom. The summed E-state index contributed by atoms with van der Waals surface area (Å²) in [5, 5.41) is 40.2. The van der Waals surface area contributed by atoms with Crippen LogP contribution in [0.2, 0.25) is 0 Å². The predicted molar refractivity (Wildman–Crippen MR) is 113 cm³/mol. The van der Waals surface area contributed by atoms with Gasteiger partial charge in [0.25, 0.3) is 0 Å². The lowest BCUT2D eigenvalue weighted by molar-refractivity contribution is -0.331. The Labute approximate surface area is 182 Å². The highest BCUT2D eigenvalue weighted by Crippen LogP contribution is 2.24. The second kappa shape index (κ2) is 13.5. The van der Waals surface area contributed by atoms with E-state index in [9.17, 15) is 20.4 Å². The SMILES string of the molecule is CON(Cc1ccccc1)[C@@H]1OC(CO)[C@@H](O)[C@H](O)C1O.CONCc1ccccc1. The maximum atomic E-state index is 10.1. The maximum absolute atomic E-state index is 10.1. The molecule has 31 heavy (non-hydrogen) atoms. The van der Waals surface area contributed by atoms with Crippen molar-refractivity contribution < 1.29 is 34.8 Å². The number of hydrogen-bond acceptors (Lipinski definition) is 9. The summed E-state index contributed by atoms with van der Waals surface area (Å²) < 4.78 is 5.45. The number of nitrogens with one attached hydrogen (secondary N) is 1. The zero-order chi connectivity index (χ0) is 22.6. The van der Waals surface area contributed by atoms with E-state index in [-0.39, 0.29) is 0 Å². The Morgan fingerprint density at radius 2 is 1.45 bits per heavy atom. The normalized spacial score (nSPS) is 25.7. The average molecular weight is 437 g/mol. The number of aliphatic hydroxyl groups is 4.